The van der Waals surface area contributed by atoms with Crippen molar-refractivity contribution in [2.45, 2.75) is 26.8 Å². The Labute approximate surface area is 199 Å². The standard InChI is InChI=1S/C23H25F3N2O7/c1-13(2)21(30)28-16-10-19(33-4)18(32-3)9-15(16)22(31)34-12-20(29)27-11-14-7-5-6-8-17(14)35-23(24,25)26/h5-10,13H,11-12H2,1-4H3,(H,27,29)(H,28,30). The molecule has 2 amide bonds. The number of ether oxygens (including phenoxy) is 4. The van der Waals surface area contributed by atoms with Crippen molar-refractivity contribution >= 4 is 23.5 Å². The molecule has 0 bridgehead atoms. The number of carbonyl (C=O) groups excluding carboxylic acids is 3. The molecule has 0 saturated heterocycles. The van der Waals surface area contributed by atoms with E-state index >= 15 is 0 Å². The Kier molecular flexibility index (Phi) is 9.32. The maximum absolute atomic E-state index is 12.7. The molecule has 12 heteroatoms. The fourth-order valence-electron chi connectivity index (χ4n) is 2.76. The van der Waals surface area contributed by atoms with Gasteiger partial charge in [-0.15, -0.1) is 13.2 Å². The number of rotatable bonds is 10. The van der Waals surface area contributed by atoms with Crippen molar-refractivity contribution in [2.24, 2.45) is 5.92 Å². The first-order valence-corrected chi connectivity index (χ1v) is 10.3. The first-order chi connectivity index (χ1) is 16.4. The summed E-state index contributed by atoms with van der Waals surface area (Å²) in [5, 5.41) is 4.95. The van der Waals surface area contributed by atoms with Crippen LogP contribution in [0.25, 0.3) is 0 Å². The zero-order valence-electron chi connectivity index (χ0n) is 19.4. The van der Waals surface area contributed by atoms with Gasteiger partial charge in [0.15, 0.2) is 18.1 Å². The molecule has 0 heterocycles. The molecule has 0 aromatic heterocycles. The van der Waals surface area contributed by atoms with E-state index in [1.807, 2.05) is 0 Å². The summed E-state index contributed by atoms with van der Waals surface area (Å²) in [7, 11) is 2.74. The highest BCUT2D eigenvalue weighted by atomic mass is 19.4. The number of alkyl halides is 3. The van der Waals surface area contributed by atoms with Crippen molar-refractivity contribution in [1.29, 1.82) is 0 Å². The number of para-hydroxylation sites is 1. The Morgan fingerprint density at radius 2 is 1.60 bits per heavy atom. The van der Waals surface area contributed by atoms with Crippen molar-refractivity contribution in [3.8, 4) is 17.2 Å². The molecule has 190 valence electrons. The summed E-state index contributed by atoms with van der Waals surface area (Å²) >= 11 is 0. The second-order valence-corrected chi connectivity index (χ2v) is 7.41. The second-order valence-electron chi connectivity index (χ2n) is 7.41. The predicted molar refractivity (Wildman–Crippen MR) is 118 cm³/mol. The van der Waals surface area contributed by atoms with Crippen molar-refractivity contribution in [2.75, 3.05) is 26.1 Å². The van der Waals surface area contributed by atoms with Gasteiger partial charge in [-0.3, -0.25) is 9.59 Å². The average Bonchev–Trinajstić information content (AvgIpc) is 2.80. The summed E-state index contributed by atoms with van der Waals surface area (Å²) in [6.07, 6.45) is -4.89. The number of anilines is 1. The van der Waals surface area contributed by atoms with Gasteiger partial charge in [0.1, 0.15) is 5.75 Å². The molecule has 0 saturated carbocycles. The topological polar surface area (TPSA) is 112 Å². The van der Waals surface area contributed by atoms with Gasteiger partial charge in [0.2, 0.25) is 5.91 Å². The van der Waals surface area contributed by atoms with Crippen molar-refractivity contribution in [3.63, 3.8) is 0 Å². The third kappa shape index (κ3) is 8.09. The molecule has 0 unspecified atom stereocenters. The van der Waals surface area contributed by atoms with E-state index < -0.39 is 30.6 Å². The smallest absolute Gasteiger partial charge is 0.493 e. The van der Waals surface area contributed by atoms with E-state index in [-0.39, 0.29) is 46.7 Å². The minimum atomic E-state index is -4.89. The number of hydrogen-bond acceptors (Lipinski definition) is 7. The predicted octanol–water partition coefficient (Wildman–Crippen LogP) is 3.67. The summed E-state index contributed by atoms with van der Waals surface area (Å²) in [6.45, 7) is 2.30. The van der Waals surface area contributed by atoms with E-state index in [1.165, 1.54) is 44.6 Å². The van der Waals surface area contributed by atoms with E-state index in [4.69, 9.17) is 14.2 Å². The maximum Gasteiger partial charge on any atom is 0.573 e. The monoisotopic (exact) mass is 498 g/mol. The minimum Gasteiger partial charge on any atom is -0.493 e. The highest BCUT2D eigenvalue weighted by molar-refractivity contribution is 6.03. The number of hydrogen-bond donors (Lipinski definition) is 2. The van der Waals surface area contributed by atoms with Gasteiger partial charge < -0.3 is 29.6 Å². The van der Waals surface area contributed by atoms with Crippen LogP contribution in [-0.2, 0) is 20.9 Å². The quantitative estimate of drug-likeness (QED) is 0.481. The molecule has 0 spiro atoms. The summed E-state index contributed by atoms with van der Waals surface area (Å²) < 4.78 is 57.0. The van der Waals surface area contributed by atoms with E-state index in [9.17, 15) is 27.6 Å². The van der Waals surface area contributed by atoms with Crippen LogP contribution in [0.4, 0.5) is 18.9 Å². The van der Waals surface area contributed by atoms with Crippen LogP contribution in [0.1, 0.15) is 29.8 Å². The van der Waals surface area contributed by atoms with Gasteiger partial charge >= 0.3 is 12.3 Å². The van der Waals surface area contributed by atoms with Crippen LogP contribution >= 0.6 is 0 Å². The van der Waals surface area contributed by atoms with E-state index in [2.05, 4.69) is 15.4 Å². The summed E-state index contributed by atoms with van der Waals surface area (Å²) in [5.74, 6) is -2.50. The summed E-state index contributed by atoms with van der Waals surface area (Å²) in [5.41, 5.74) is 0.0708. The molecule has 35 heavy (non-hydrogen) atoms. The van der Waals surface area contributed by atoms with Gasteiger partial charge in [0, 0.05) is 30.2 Å². The molecule has 9 nitrogen and oxygen atoms in total. The first-order valence-electron chi connectivity index (χ1n) is 10.3. The summed E-state index contributed by atoms with van der Waals surface area (Å²) in [4.78, 5) is 37.0. The van der Waals surface area contributed by atoms with Gasteiger partial charge in [-0.1, -0.05) is 32.0 Å². The molecule has 0 aliphatic carbocycles. The zero-order chi connectivity index (χ0) is 26.2. The largest absolute Gasteiger partial charge is 0.573 e. The fraction of sp³-hybridized carbons (Fsp3) is 0.348. The molecule has 0 radical (unpaired) electrons. The average molecular weight is 498 g/mol. The number of nitrogens with one attached hydrogen (secondary N) is 2. The van der Waals surface area contributed by atoms with Crippen molar-refractivity contribution in [3.05, 3.63) is 47.5 Å². The summed E-state index contributed by atoms with van der Waals surface area (Å²) in [6, 6.07) is 7.97. The number of amides is 2. The van der Waals surface area contributed by atoms with Crippen LogP contribution < -0.4 is 24.8 Å². The van der Waals surface area contributed by atoms with Gasteiger partial charge in [-0.2, -0.15) is 0 Å². The molecule has 2 rings (SSSR count). The Bertz CT molecular complexity index is 1070. The molecule has 0 atom stereocenters. The van der Waals surface area contributed by atoms with E-state index in [0.29, 0.717) is 0 Å². The number of methoxy groups -OCH3 is 2. The van der Waals surface area contributed by atoms with Crippen LogP contribution in [0.15, 0.2) is 36.4 Å². The Balaban J connectivity index is 2.09. The van der Waals surface area contributed by atoms with Gasteiger partial charge in [0.25, 0.3) is 5.91 Å². The molecule has 2 N–H and O–H groups in total. The van der Waals surface area contributed by atoms with Crippen molar-refractivity contribution < 1.29 is 46.5 Å². The molecule has 0 fully saturated rings. The van der Waals surface area contributed by atoms with Crippen molar-refractivity contribution in [1.82, 2.24) is 5.32 Å². The Morgan fingerprint density at radius 1 is 0.971 bits per heavy atom. The van der Waals surface area contributed by atoms with E-state index in [0.717, 1.165) is 6.07 Å². The zero-order valence-corrected chi connectivity index (χ0v) is 19.4. The second kappa shape index (κ2) is 12.0. The normalized spacial score (nSPS) is 11.0. The van der Waals surface area contributed by atoms with E-state index in [1.54, 1.807) is 13.8 Å². The first kappa shape index (κ1) is 27.3. The third-order valence-electron chi connectivity index (χ3n) is 4.53. The highest BCUT2D eigenvalue weighted by Gasteiger charge is 2.32. The molecule has 2 aromatic rings. The highest BCUT2D eigenvalue weighted by Crippen LogP contribution is 2.34. The Morgan fingerprint density at radius 3 is 2.20 bits per heavy atom. The number of esters is 1. The molecular formula is C23H25F3N2O7. The van der Waals surface area contributed by atoms with Crippen LogP contribution in [0.5, 0.6) is 17.2 Å². The third-order valence-corrected chi connectivity index (χ3v) is 4.53. The number of benzene rings is 2. The van der Waals surface area contributed by atoms with Crippen LogP contribution in [0.2, 0.25) is 0 Å². The van der Waals surface area contributed by atoms with Gasteiger partial charge in [0.05, 0.1) is 25.5 Å². The number of carbonyl (C=O) groups is 3. The van der Waals surface area contributed by atoms with Gasteiger partial charge in [-0.25, -0.2) is 4.79 Å². The van der Waals surface area contributed by atoms with Crippen LogP contribution in [0.3, 0.4) is 0 Å². The molecule has 0 aliphatic rings. The SMILES string of the molecule is COc1cc(NC(=O)C(C)C)c(C(=O)OCC(=O)NCc2ccccc2OC(F)(F)F)cc1OC. The Hall–Kier alpha value is -3.96. The lowest BCUT2D eigenvalue weighted by molar-refractivity contribution is -0.274. The number of halogens is 3. The fourth-order valence-corrected chi connectivity index (χ4v) is 2.76. The minimum absolute atomic E-state index is 0.0723. The lowest BCUT2D eigenvalue weighted by Gasteiger charge is -2.16. The van der Waals surface area contributed by atoms with Crippen LogP contribution in [0, 0.1) is 5.92 Å². The lowest BCUT2D eigenvalue weighted by Crippen LogP contribution is -2.29. The van der Waals surface area contributed by atoms with Gasteiger partial charge in [-0.05, 0) is 6.07 Å². The van der Waals surface area contributed by atoms with Crippen LogP contribution in [-0.4, -0.2) is 45.0 Å². The molecule has 2 aromatic carbocycles. The molecular weight excluding hydrogens is 473 g/mol. The molecule has 0 aliphatic heterocycles. The maximum atomic E-state index is 12.7. The lowest BCUT2D eigenvalue weighted by atomic mass is 10.1.